The van der Waals surface area contributed by atoms with Crippen LogP contribution in [-0.2, 0) is 0 Å². The normalized spacial score (nSPS) is 11.2. The highest BCUT2D eigenvalue weighted by Gasteiger charge is 2.23. The Kier molecular flexibility index (Phi) is 9.97. The largest absolute Gasteiger partial charge is 0.310 e. The van der Waals surface area contributed by atoms with Crippen LogP contribution in [0.15, 0.2) is 261 Å². The smallest absolute Gasteiger partial charge is 0.0540 e. The zero-order chi connectivity index (χ0) is 42.0. The topological polar surface area (TPSA) is 3.24 Å². The number of hydrogen-bond acceptors (Lipinski definition) is 1. The highest BCUT2D eigenvalue weighted by atomic mass is 15.1. The van der Waals surface area contributed by atoms with E-state index >= 15 is 0 Å². The summed E-state index contributed by atoms with van der Waals surface area (Å²) in [6.45, 7) is 0. The fraction of sp³-hybridized carbons (Fsp3) is 0. The van der Waals surface area contributed by atoms with E-state index in [-0.39, 0.29) is 0 Å². The van der Waals surface area contributed by atoms with Crippen LogP contribution in [0, 0.1) is 0 Å². The molecule has 0 fully saturated rings. The summed E-state index contributed by atoms with van der Waals surface area (Å²) in [6, 6.07) is 94.9. The third kappa shape index (κ3) is 7.26. The minimum absolute atomic E-state index is 1.08. The molecule has 63 heavy (non-hydrogen) atoms. The molecule has 0 saturated carbocycles. The summed E-state index contributed by atoms with van der Waals surface area (Å²) in [5, 5.41) is 4.93. The van der Waals surface area contributed by atoms with Crippen molar-refractivity contribution in [2.24, 2.45) is 0 Å². The molecule has 0 aliphatic rings. The van der Waals surface area contributed by atoms with E-state index < -0.39 is 0 Å². The number of benzene rings is 11. The second kappa shape index (κ2) is 16.7. The number of rotatable bonds is 9. The fourth-order valence-electron chi connectivity index (χ4n) is 9.30. The van der Waals surface area contributed by atoms with Crippen LogP contribution in [0.4, 0.5) is 17.1 Å². The zero-order valence-corrected chi connectivity index (χ0v) is 34.8. The molecule has 0 unspecified atom stereocenters. The van der Waals surface area contributed by atoms with E-state index in [1.807, 2.05) is 0 Å². The molecule has 11 aromatic carbocycles. The van der Waals surface area contributed by atoms with Gasteiger partial charge in [-0.15, -0.1) is 0 Å². The van der Waals surface area contributed by atoms with Crippen molar-refractivity contribution in [3.05, 3.63) is 261 Å². The van der Waals surface area contributed by atoms with Gasteiger partial charge in [0.2, 0.25) is 0 Å². The van der Waals surface area contributed by atoms with Crippen molar-refractivity contribution in [1.82, 2.24) is 0 Å². The summed E-state index contributed by atoms with van der Waals surface area (Å²) in [4.78, 5) is 2.45. The third-order valence-electron chi connectivity index (χ3n) is 12.3. The van der Waals surface area contributed by atoms with E-state index in [0.29, 0.717) is 0 Å². The number of hydrogen-bond donors (Lipinski definition) is 0. The van der Waals surface area contributed by atoms with Gasteiger partial charge in [-0.05, 0) is 119 Å². The van der Waals surface area contributed by atoms with Crippen molar-refractivity contribution in [1.29, 1.82) is 0 Å². The quantitative estimate of drug-likeness (QED) is 0.141. The van der Waals surface area contributed by atoms with Crippen LogP contribution in [0.5, 0.6) is 0 Å². The van der Waals surface area contributed by atoms with E-state index in [1.54, 1.807) is 0 Å². The first kappa shape index (κ1) is 37.7. The minimum Gasteiger partial charge on any atom is -0.310 e. The Hall–Kier alpha value is -8.26. The van der Waals surface area contributed by atoms with E-state index in [4.69, 9.17) is 0 Å². The predicted molar refractivity (Wildman–Crippen MR) is 269 cm³/mol. The first-order chi connectivity index (χ1) is 31.3. The average Bonchev–Trinajstić information content (AvgIpc) is 3.37. The van der Waals surface area contributed by atoms with Gasteiger partial charge >= 0.3 is 0 Å². The maximum atomic E-state index is 2.45. The lowest BCUT2D eigenvalue weighted by Gasteiger charge is -2.30. The molecule has 0 saturated heterocycles. The van der Waals surface area contributed by atoms with Crippen LogP contribution < -0.4 is 4.90 Å². The Balaban J connectivity index is 1.16. The first-order valence-corrected chi connectivity index (χ1v) is 21.7. The third-order valence-corrected chi connectivity index (χ3v) is 12.3. The van der Waals surface area contributed by atoms with E-state index in [0.717, 1.165) is 33.8 Å². The highest BCUT2D eigenvalue weighted by molar-refractivity contribution is 6.03. The SMILES string of the molecule is c1ccc(-c2ccccc2-c2c(-c3ccccc3)cccc2-c2ccccc2N(c2cccc(-c3ccc4ccccc4c3)c2)c2cccc(-c3cccc4ccccc34)c2)cc1. The van der Waals surface area contributed by atoms with Crippen molar-refractivity contribution in [3.63, 3.8) is 0 Å². The molecule has 0 atom stereocenters. The molecule has 0 radical (unpaired) electrons. The molecule has 0 heterocycles. The Morgan fingerprint density at radius 3 is 1.48 bits per heavy atom. The molecule has 0 aliphatic heterocycles. The molecule has 1 heteroatoms. The lowest BCUT2D eigenvalue weighted by atomic mass is 9.84. The molecule has 11 aromatic rings. The van der Waals surface area contributed by atoms with Crippen molar-refractivity contribution in [3.8, 4) is 66.8 Å². The van der Waals surface area contributed by atoms with Gasteiger partial charge in [0.05, 0.1) is 5.69 Å². The van der Waals surface area contributed by atoms with Crippen molar-refractivity contribution >= 4 is 38.6 Å². The van der Waals surface area contributed by atoms with Crippen molar-refractivity contribution < 1.29 is 0 Å². The van der Waals surface area contributed by atoms with Gasteiger partial charge in [-0.1, -0.05) is 224 Å². The Labute approximate surface area is 369 Å². The van der Waals surface area contributed by atoms with E-state index in [9.17, 15) is 0 Å². The van der Waals surface area contributed by atoms with Gasteiger partial charge in [0, 0.05) is 16.9 Å². The van der Waals surface area contributed by atoms with Crippen LogP contribution in [0.1, 0.15) is 0 Å². The molecule has 296 valence electrons. The van der Waals surface area contributed by atoms with E-state index in [1.165, 1.54) is 71.6 Å². The maximum absolute atomic E-state index is 2.45. The van der Waals surface area contributed by atoms with Gasteiger partial charge < -0.3 is 4.90 Å². The van der Waals surface area contributed by atoms with Gasteiger partial charge in [-0.25, -0.2) is 0 Å². The molecular formula is C62H43N. The summed E-state index contributed by atoms with van der Waals surface area (Å²) >= 11 is 0. The Bertz CT molecular complexity index is 3400. The summed E-state index contributed by atoms with van der Waals surface area (Å²) in [5.41, 5.74) is 17.4. The summed E-state index contributed by atoms with van der Waals surface area (Å²) in [5.74, 6) is 0. The van der Waals surface area contributed by atoms with Gasteiger partial charge in [0.25, 0.3) is 0 Å². The maximum Gasteiger partial charge on any atom is 0.0540 e. The second-order valence-corrected chi connectivity index (χ2v) is 16.0. The lowest BCUT2D eigenvalue weighted by molar-refractivity contribution is 1.28. The van der Waals surface area contributed by atoms with Gasteiger partial charge in [-0.2, -0.15) is 0 Å². The van der Waals surface area contributed by atoms with Crippen LogP contribution in [0.3, 0.4) is 0 Å². The van der Waals surface area contributed by atoms with Gasteiger partial charge in [0.1, 0.15) is 0 Å². The molecule has 0 amide bonds. The Morgan fingerprint density at radius 1 is 0.222 bits per heavy atom. The molecule has 0 aromatic heterocycles. The number of para-hydroxylation sites is 1. The summed E-state index contributed by atoms with van der Waals surface area (Å²) in [7, 11) is 0. The van der Waals surface area contributed by atoms with Crippen molar-refractivity contribution in [2.75, 3.05) is 4.90 Å². The molecule has 0 spiro atoms. The molecule has 1 nitrogen and oxygen atoms in total. The Morgan fingerprint density at radius 2 is 0.698 bits per heavy atom. The molecule has 0 bridgehead atoms. The van der Waals surface area contributed by atoms with Gasteiger partial charge in [-0.3, -0.25) is 0 Å². The van der Waals surface area contributed by atoms with Crippen LogP contribution in [-0.4, -0.2) is 0 Å². The number of fused-ring (bicyclic) bond motifs is 2. The molecular weight excluding hydrogens is 759 g/mol. The molecule has 11 rings (SSSR count). The lowest BCUT2D eigenvalue weighted by Crippen LogP contribution is -2.11. The second-order valence-electron chi connectivity index (χ2n) is 16.0. The van der Waals surface area contributed by atoms with Crippen LogP contribution in [0.25, 0.3) is 88.3 Å². The fourth-order valence-corrected chi connectivity index (χ4v) is 9.30. The van der Waals surface area contributed by atoms with E-state index in [2.05, 4.69) is 266 Å². The van der Waals surface area contributed by atoms with Crippen molar-refractivity contribution in [2.45, 2.75) is 0 Å². The molecule has 0 aliphatic carbocycles. The summed E-state index contributed by atoms with van der Waals surface area (Å²) in [6.07, 6.45) is 0. The van der Waals surface area contributed by atoms with Crippen LogP contribution >= 0.6 is 0 Å². The number of nitrogens with zero attached hydrogens (tertiary/aromatic N) is 1. The number of anilines is 3. The van der Waals surface area contributed by atoms with Gasteiger partial charge in [0.15, 0.2) is 0 Å². The summed E-state index contributed by atoms with van der Waals surface area (Å²) < 4.78 is 0. The van der Waals surface area contributed by atoms with Crippen LogP contribution in [0.2, 0.25) is 0 Å². The predicted octanol–water partition coefficient (Wildman–Crippen LogP) is 17.5. The standard InChI is InChI=1S/C62H43N/c1-3-20-45(21-4-1)55-32-11-12-34-59(55)62-57(47-22-5-2-6-23-47)36-18-37-60(62)58-33-13-14-38-61(58)63(52-29-15-27-49(42-52)50-40-39-44-19-7-8-25-48(44)41-50)53-30-16-28-51(43-53)56-35-17-26-46-24-9-10-31-54(46)56/h1-43H. The highest BCUT2D eigenvalue weighted by Crippen LogP contribution is 2.49. The zero-order valence-electron chi connectivity index (χ0n) is 34.8. The monoisotopic (exact) mass is 801 g/mol. The minimum atomic E-state index is 1.08. The first-order valence-electron chi connectivity index (χ1n) is 21.7. The molecule has 0 N–H and O–H groups in total. The average molecular weight is 802 g/mol.